The molecule has 0 unspecified atom stereocenters. The molecule has 0 bridgehead atoms. The minimum Gasteiger partial charge on any atom is -0.353 e. The Bertz CT molecular complexity index is 811. The molecule has 0 radical (unpaired) electrons. The molecule has 1 N–H and O–H groups in total. The predicted molar refractivity (Wildman–Crippen MR) is 104 cm³/mol. The Morgan fingerprint density at radius 1 is 1.15 bits per heavy atom. The van der Waals surface area contributed by atoms with E-state index in [1.807, 2.05) is 0 Å². The van der Waals surface area contributed by atoms with E-state index in [1.54, 1.807) is 19.2 Å². The minimum atomic E-state index is -3.56. The van der Waals surface area contributed by atoms with Crippen LogP contribution in [0.2, 0.25) is 0 Å². The molecule has 0 atom stereocenters. The van der Waals surface area contributed by atoms with E-state index in [-0.39, 0.29) is 41.3 Å². The maximum absolute atomic E-state index is 12.6. The number of nitrogens with one attached hydrogen (secondary N) is 1. The van der Waals surface area contributed by atoms with Crippen LogP contribution in [0.4, 0.5) is 5.69 Å². The molecular weight excluding hydrogens is 364 g/mol. The zero-order chi connectivity index (χ0) is 19.4. The second-order valence-electron chi connectivity index (χ2n) is 7.60. The van der Waals surface area contributed by atoms with Gasteiger partial charge in [0.1, 0.15) is 0 Å². The topological polar surface area (TPSA) is 83.6 Å². The van der Waals surface area contributed by atoms with Gasteiger partial charge in [0.25, 0.3) is 0 Å². The number of likely N-dealkylation sites (N-methyl/N-ethyl adjacent to an activating group) is 1. The van der Waals surface area contributed by atoms with Crippen LogP contribution in [0.3, 0.4) is 0 Å². The number of amides is 2. The number of sulfone groups is 1. The lowest BCUT2D eigenvalue weighted by atomic mass is 9.97. The van der Waals surface area contributed by atoms with Gasteiger partial charge in [-0.25, -0.2) is 8.42 Å². The SMILES string of the molecule is CN1C(=O)Cc2cc(S(=O)(=O)CCC(=O)NC3CCCCCCC3)ccc21. The van der Waals surface area contributed by atoms with E-state index in [0.717, 1.165) is 36.9 Å². The van der Waals surface area contributed by atoms with Gasteiger partial charge in [0.2, 0.25) is 11.8 Å². The summed E-state index contributed by atoms with van der Waals surface area (Å²) < 4.78 is 25.2. The highest BCUT2D eigenvalue weighted by Gasteiger charge is 2.26. The molecular formula is C20H28N2O4S. The van der Waals surface area contributed by atoms with Crippen LogP contribution in [-0.2, 0) is 25.8 Å². The molecule has 1 aliphatic carbocycles. The highest BCUT2D eigenvalue weighted by atomic mass is 32.2. The van der Waals surface area contributed by atoms with E-state index < -0.39 is 9.84 Å². The largest absolute Gasteiger partial charge is 0.353 e. The first kappa shape index (κ1) is 19.9. The molecule has 0 spiro atoms. The summed E-state index contributed by atoms with van der Waals surface area (Å²) in [7, 11) is -1.87. The van der Waals surface area contributed by atoms with Crippen molar-refractivity contribution in [3.8, 4) is 0 Å². The lowest BCUT2D eigenvalue weighted by Gasteiger charge is -2.21. The summed E-state index contributed by atoms with van der Waals surface area (Å²) in [6.07, 6.45) is 8.05. The third-order valence-electron chi connectivity index (χ3n) is 5.56. The van der Waals surface area contributed by atoms with Crippen molar-refractivity contribution in [2.75, 3.05) is 17.7 Å². The number of carbonyl (C=O) groups excluding carboxylic acids is 2. The first-order valence-corrected chi connectivity index (χ1v) is 11.4. The van der Waals surface area contributed by atoms with Crippen molar-refractivity contribution in [1.29, 1.82) is 0 Å². The van der Waals surface area contributed by atoms with Crippen LogP contribution in [0.15, 0.2) is 23.1 Å². The molecule has 3 rings (SSSR count). The second kappa shape index (κ2) is 8.42. The van der Waals surface area contributed by atoms with Crippen LogP contribution in [-0.4, -0.2) is 39.1 Å². The van der Waals surface area contributed by atoms with Gasteiger partial charge >= 0.3 is 0 Å². The summed E-state index contributed by atoms with van der Waals surface area (Å²) in [5.74, 6) is -0.452. The fourth-order valence-electron chi connectivity index (χ4n) is 3.89. The third-order valence-corrected chi connectivity index (χ3v) is 7.27. The average Bonchev–Trinajstić information content (AvgIpc) is 2.89. The van der Waals surface area contributed by atoms with Gasteiger partial charge in [-0.1, -0.05) is 32.1 Å². The van der Waals surface area contributed by atoms with Crippen molar-refractivity contribution in [1.82, 2.24) is 5.32 Å². The zero-order valence-electron chi connectivity index (χ0n) is 15.9. The van der Waals surface area contributed by atoms with Crippen molar-refractivity contribution < 1.29 is 18.0 Å². The van der Waals surface area contributed by atoms with Crippen LogP contribution >= 0.6 is 0 Å². The number of rotatable bonds is 5. The van der Waals surface area contributed by atoms with Crippen molar-refractivity contribution in [2.24, 2.45) is 0 Å². The zero-order valence-corrected chi connectivity index (χ0v) is 16.7. The third kappa shape index (κ3) is 4.89. The number of nitrogens with zero attached hydrogens (tertiary/aromatic N) is 1. The maximum Gasteiger partial charge on any atom is 0.231 e. The number of anilines is 1. The highest BCUT2D eigenvalue weighted by molar-refractivity contribution is 7.91. The van der Waals surface area contributed by atoms with Gasteiger partial charge in [-0.15, -0.1) is 0 Å². The molecule has 6 nitrogen and oxygen atoms in total. The van der Waals surface area contributed by atoms with Crippen molar-refractivity contribution in [2.45, 2.75) is 68.7 Å². The Labute approximate surface area is 161 Å². The van der Waals surface area contributed by atoms with E-state index in [4.69, 9.17) is 0 Å². The Hall–Kier alpha value is -1.89. The molecule has 2 amide bonds. The molecule has 0 aromatic heterocycles. The fourth-order valence-corrected chi connectivity index (χ4v) is 5.17. The summed E-state index contributed by atoms with van der Waals surface area (Å²) in [5, 5.41) is 3.01. The summed E-state index contributed by atoms with van der Waals surface area (Å²) >= 11 is 0. The Kier molecular flexibility index (Phi) is 6.19. The van der Waals surface area contributed by atoms with Gasteiger partial charge in [-0.05, 0) is 36.6 Å². The number of hydrogen-bond donors (Lipinski definition) is 1. The minimum absolute atomic E-state index is 0.0330. The van der Waals surface area contributed by atoms with Crippen LogP contribution in [0.5, 0.6) is 0 Å². The van der Waals surface area contributed by atoms with Gasteiger partial charge in [-0.2, -0.15) is 0 Å². The normalized spacial score (nSPS) is 18.7. The quantitative estimate of drug-likeness (QED) is 0.835. The molecule has 27 heavy (non-hydrogen) atoms. The first-order chi connectivity index (χ1) is 12.9. The number of fused-ring (bicyclic) bond motifs is 1. The Balaban J connectivity index is 1.57. The van der Waals surface area contributed by atoms with Crippen molar-refractivity contribution in [3.05, 3.63) is 23.8 Å². The number of benzene rings is 1. The standard InChI is InChI=1S/C20H28N2O4S/c1-22-18-10-9-17(13-15(18)14-20(22)24)27(25,26)12-11-19(23)21-16-7-5-3-2-4-6-8-16/h9-10,13,16H,2-8,11-12,14H2,1H3,(H,21,23). The molecule has 1 aliphatic heterocycles. The predicted octanol–water partition coefficient (Wildman–Crippen LogP) is 2.60. The van der Waals surface area contributed by atoms with Crippen LogP contribution in [0.25, 0.3) is 0 Å². The monoisotopic (exact) mass is 392 g/mol. The fraction of sp³-hybridized carbons (Fsp3) is 0.600. The summed E-state index contributed by atoms with van der Waals surface area (Å²) in [6, 6.07) is 4.93. The van der Waals surface area contributed by atoms with Gasteiger partial charge in [0, 0.05) is 25.2 Å². The summed E-state index contributed by atoms with van der Waals surface area (Å²) in [5.41, 5.74) is 1.48. The molecule has 2 aliphatic rings. The Morgan fingerprint density at radius 2 is 1.81 bits per heavy atom. The molecule has 1 fully saturated rings. The average molecular weight is 393 g/mol. The molecule has 1 saturated carbocycles. The van der Waals surface area contributed by atoms with E-state index in [9.17, 15) is 18.0 Å². The van der Waals surface area contributed by atoms with Crippen molar-refractivity contribution >= 4 is 27.3 Å². The molecule has 7 heteroatoms. The van der Waals surface area contributed by atoms with Gasteiger partial charge < -0.3 is 10.2 Å². The van der Waals surface area contributed by atoms with Gasteiger partial charge in [0.05, 0.1) is 17.1 Å². The lowest BCUT2D eigenvalue weighted by Crippen LogP contribution is -2.36. The summed E-state index contributed by atoms with van der Waals surface area (Å²) in [6.45, 7) is 0. The summed E-state index contributed by atoms with van der Waals surface area (Å²) in [4.78, 5) is 25.7. The first-order valence-electron chi connectivity index (χ1n) is 9.78. The molecule has 148 valence electrons. The van der Waals surface area contributed by atoms with E-state index in [2.05, 4.69) is 5.32 Å². The van der Waals surface area contributed by atoms with E-state index >= 15 is 0 Å². The smallest absolute Gasteiger partial charge is 0.231 e. The molecule has 0 saturated heterocycles. The molecule has 1 aromatic carbocycles. The molecule has 1 aromatic rings. The maximum atomic E-state index is 12.6. The van der Waals surface area contributed by atoms with E-state index in [1.165, 1.54) is 30.2 Å². The second-order valence-corrected chi connectivity index (χ2v) is 9.71. The van der Waals surface area contributed by atoms with E-state index in [0.29, 0.717) is 0 Å². The van der Waals surface area contributed by atoms with Crippen molar-refractivity contribution in [3.63, 3.8) is 0 Å². The molecule has 1 heterocycles. The lowest BCUT2D eigenvalue weighted by molar-refractivity contribution is -0.121. The Morgan fingerprint density at radius 3 is 2.52 bits per heavy atom. The highest BCUT2D eigenvalue weighted by Crippen LogP contribution is 2.30. The van der Waals surface area contributed by atoms with Gasteiger partial charge in [0.15, 0.2) is 9.84 Å². The number of carbonyl (C=O) groups is 2. The van der Waals surface area contributed by atoms with Gasteiger partial charge in [-0.3, -0.25) is 9.59 Å². The van der Waals surface area contributed by atoms with Crippen LogP contribution in [0.1, 0.15) is 56.9 Å². The number of hydrogen-bond acceptors (Lipinski definition) is 4. The van der Waals surface area contributed by atoms with Crippen LogP contribution < -0.4 is 10.2 Å². The van der Waals surface area contributed by atoms with Crippen LogP contribution in [0, 0.1) is 0 Å².